The molecule has 1 aromatic heterocycles. The van der Waals surface area contributed by atoms with E-state index >= 15 is 0 Å². The van der Waals surface area contributed by atoms with Gasteiger partial charge in [0.25, 0.3) is 0 Å². The molecule has 0 aliphatic rings. The molecule has 1 atom stereocenters. The predicted octanol–water partition coefficient (Wildman–Crippen LogP) is 2.65. The van der Waals surface area contributed by atoms with Crippen molar-refractivity contribution in [1.82, 2.24) is 4.98 Å². The second-order valence-electron chi connectivity index (χ2n) is 5.42. The van der Waals surface area contributed by atoms with Gasteiger partial charge in [-0.05, 0) is 38.8 Å². The topological polar surface area (TPSA) is 60.2 Å². The van der Waals surface area contributed by atoms with Crippen molar-refractivity contribution in [2.45, 2.75) is 46.3 Å². The van der Waals surface area contributed by atoms with Gasteiger partial charge < -0.3 is 15.8 Å². The Labute approximate surface area is 110 Å². The summed E-state index contributed by atoms with van der Waals surface area (Å²) >= 11 is 0. The van der Waals surface area contributed by atoms with Gasteiger partial charge in [-0.25, -0.2) is 4.98 Å². The van der Waals surface area contributed by atoms with Gasteiger partial charge in [-0.3, -0.25) is 0 Å². The van der Waals surface area contributed by atoms with Crippen LogP contribution in [0.5, 0.6) is 5.75 Å². The van der Waals surface area contributed by atoms with Crippen molar-refractivity contribution < 1.29 is 4.74 Å². The van der Waals surface area contributed by atoms with E-state index in [1.54, 1.807) is 6.20 Å². The van der Waals surface area contributed by atoms with Crippen LogP contribution in [0, 0.1) is 5.92 Å². The summed E-state index contributed by atoms with van der Waals surface area (Å²) in [5.74, 6) is 1.93. The summed E-state index contributed by atoms with van der Waals surface area (Å²) in [6.45, 7) is 10.9. The minimum atomic E-state index is -0.191. The Balaban J connectivity index is 2.96. The number of aromatic nitrogens is 1. The van der Waals surface area contributed by atoms with Gasteiger partial charge >= 0.3 is 0 Å². The van der Waals surface area contributed by atoms with Crippen LogP contribution in [0.25, 0.3) is 0 Å². The summed E-state index contributed by atoms with van der Waals surface area (Å²) in [7, 11) is 0. The van der Waals surface area contributed by atoms with Crippen molar-refractivity contribution in [3.8, 4) is 5.75 Å². The Bertz CT molecular complexity index is 379. The molecule has 4 nitrogen and oxygen atoms in total. The van der Waals surface area contributed by atoms with Crippen LogP contribution in [0.4, 0.5) is 5.82 Å². The third-order valence-electron chi connectivity index (χ3n) is 3.24. The summed E-state index contributed by atoms with van der Waals surface area (Å²) in [6, 6.07) is 3.80. The van der Waals surface area contributed by atoms with Gasteiger partial charge in [-0.2, -0.15) is 0 Å². The highest BCUT2D eigenvalue weighted by Gasteiger charge is 2.28. The van der Waals surface area contributed by atoms with E-state index in [1.807, 2.05) is 26.0 Å². The summed E-state index contributed by atoms with van der Waals surface area (Å²) in [6.07, 6.45) is 1.88. The maximum atomic E-state index is 5.88. The van der Waals surface area contributed by atoms with Crippen LogP contribution in [0.2, 0.25) is 0 Å². The Morgan fingerprint density at radius 1 is 1.39 bits per heavy atom. The SMILES string of the molecule is CC(C)Oc1cccnc1NC(C)(CN)C(C)C. The lowest BCUT2D eigenvalue weighted by Crippen LogP contribution is -2.47. The lowest BCUT2D eigenvalue weighted by Gasteiger charge is -2.34. The molecule has 102 valence electrons. The number of hydrogen-bond donors (Lipinski definition) is 2. The van der Waals surface area contributed by atoms with E-state index in [9.17, 15) is 0 Å². The molecule has 0 aliphatic heterocycles. The number of rotatable bonds is 6. The molecule has 0 radical (unpaired) electrons. The van der Waals surface area contributed by atoms with E-state index in [4.69, 9.17) is 10.5 Å². The molecular weight excluding hydrogens is 226 g/mol. The number of nitrogens with two attached hydrogens (primary N) is 1. The van der Waals surface area contributed by atoms with Crippen LogP contribution in [0.1, 0.15) is 34.6 Å². The summed E-state index contributed by atoms with van der Waals surface area (Å²) in [5, 5.41) is 3.42. The van der Waals surface area contributed by atoms with E-state index in [0.29, 0.717) is 12.5 Å². The highest BCUT2D eigenvalue weighted by atomic mass is 16.5. The van der Waals surface area contributed by atoms with Gasteiger partial charge in [0.2, 0.25) is 0 Å². The second kappa shape index (κ2) is 6.05. The third kappa shape index (κ3) is 3.60. The zero-order valence-corrected chi connectivity index (χ0v) is 12.0. The van der Waals surface area contributed by atoms with E-state index in [1.165, 1.54) is 0 Å². The van der Waals surface area contributed by atoms with Crippen molar-refractivity contribution >= 4 is 5.82 Å². The number of anilines is 1. The maximum Gasteiger partial charge on any atom is 0.169 e. The second-order valence-corrected chi connectivity index (χ2v) is 5.42. The normalized spacial score (nSPS) is 14.7. The highest BCUT2D eigenvalue weighted by Crippen LogP contribution is 2.28. The third-order valence-corrected chi connectivity index (χ3v) is 3.24. The van der Waals surface area contributed by atoms with Gasteiger partial charge in [0.15, 0.2) is 11.6 Å². The average molecular weight is 251 g/mol. The molecule has 3 N–H and O–H groups in total. The molecule has 1 aromatic rings. The first-order valence-electron chi connectivity index (χ1n) is 6.49. The van der Waals surface area contributed by atoms with E-state index in [2.05, 4.69) is 31.1 Å². The van der Waals surface area contributed by atoms with Crippen molar-refractivity contribution in [3.05, 3.63) is 18.3 Å². The molecule has 1 unspecified atom stereocenters. The Kier molecular flexibility index (Phi) is 4.96. The largest absolute Gasteiger partial charge is 0.487 e. The van der Waals surface area contributed by atoms with Crippen LogP contribution < -0.4 is 15.8 Å². The van der Waals surface area contributed by atoms with Gasteiger partial charge in [-0.1, -0.05) is 13.8 Å². The summed E-state index contributed by atoms with van der Waals surface area (Å²) < 4.78 is 5.75. The van der Waals surface area contributed by atoms with Gasteiger partial charge in [0.05, 0.1) is 11.6 Å². The van der Waals surface area contributed by atoms with E-state index < -0.39 is 0 Å². The minimum absolute atomic E-state index is 0.123. The Hall–Kier alpha value is -1.29. The fourth-order valence-electron chi connectivity index (χ4n) is 1.54. The summed E-state index contributed by atoms with van der Waals surface area (Å²) in [4.78, 5) is 4.36. The number of nitrogens with one attached hydrogen (secondary N) is 1. The fourth-order valence-corrected chi connectivity index (χ4v) is 1.54. The molecule has 1 rings (SSSR count). The molecule has 0 spiro atoms. The first-order valence-corrected chi connectivity index (χ1v) is 6.49. The standard InChI is InChI=1S/C14H25N3O/c1-10(2)14(5,9-15)17-13-12(18-11(3)4)7-6-8-16-13/h6-8,10-11H,9,15H2,1-5H3,(H,16,17). The van der Waals surface area contributed by atoms with Gasteiger partial charge in [-0.15, -0.1) is 0 Å². The number of pyridine rings is 1. The maximum absolute atomic E-state index is 5.88. The predicted molar refractivity (Wildman–Crippen MR) is 75.9 cm³/mol. The van der Waals surface area contributed by atoms with E-state index in [0.717, 1.165) is 11.6 Å². The van der Waals surface area contributed by atoms with Crippen molar-refractivity contribution in [2.24, 2.45) is 11.7 Å². The first-order chi connectivity index (χ1) is 8.39. The quantitative estimate of drug-likeness (QED) is 0.816. The first kappa shape index (κ1) is 14.8. The molecule has 18 heavy (non-hydrogen) atoms. The van der Waals surface area contributed by atoms with Crippen molar-refractivity contribution in [1.29, 1.82) is 0 Å². The zero-order valence-electron chi connectivity index (χ0n) is 12.0. The number of nitrogens with zero attached hydrogens (tertiary/aromatic N) is 1. The zero-order chi connectivity index (χ0) is 13.8. The molecule has 4 heteroatoms. The van der Waals surface area contributed by atoms with Crippen LogP contribution >= 0.6 is 0 Å². The van der Waals surface area contributed by atoms with Gasteiger partial charge in [0.1, 0.15) is 0 Å². The number of hydrogen-bond acceptors (Lipinski definition) is 4. The molecule has 0 aromatic carbocycles. The van der Waals surface area contributed by atoms with E-state index in [-0.39, 0.29) is 11.6 Å². The molecule has 0 fully saturated rings. The van der Waals surface area contributed by atoms with Crippen LogP contribution in [-0.4, -0.2) is 23.2 Å². The average Bonchev–Trinajstić information content (AvgIpc) is 2.30. The number of ether oxygens (including phenoxy) is 1. The smallest absolute Gasteiger partial charge is 0.169 e. The molecule has 1 heterocycles. The lowest BCUT2D eigenvalue weighted by atomic mass is 9.88. The molecule has 0 saturated carbocycles. The molecule has 0 bridgehead atoms. The van der Waals surface area contributed by atoms with Crippen LogP contribution in [0.3, 0.4) is 0 Å². The van der Waals surface area contributed by atoms with Crippen LogP contribution in [-0.2, 0) is 0 Å². The Morgan fingerprint density at radius 2 is 2.06 bits per heavy atom. The molecule has 0 aliphatic carbocycles. The highest BCUT2D eigenvalue weighted by molar-refractivity contribution is 5.51. The molecule has 0 saturated heterocycles. The Morgan fingerprint density at radius 3 is 2.56 bits per heavy atom. The van der Waals surface area contributed by atoms with Gasteiger partial charge in [0, 0.05) is 12.7 Å². The molecule has 0 amide bonds. The van der Waals surface area contributed by atoms with Crippen molar-refractivity contribution in [2.75, 3.05) is 11.9 Å². The monoisotopic (exact) mass is 251 g/mol. The minimum Gasteiger partial charge on any atom is -0.487 e. The summed E-state index contributed by atoms with van der Waals surface area (Å²) in [5.41, 5.74) is 5.69. The lowest BCUT2D eigenvalue weighted by molar-refractivity contribution is 0.241. The molecular formula is C14H25N3O. The van der Waals surface area contributed by atoms with Crippen LogP contribution in [0.15, 0.2) is 18.3 Å². The van der Waals surface area contributed by atoms with Crippen molar-refractivity contribution in [3.63, 3.8) is 0 Å². The fraction of sp³-hybridized carbons (Fsp3) is 0.643.